The molecule has 1 aromatic carbocycles. The van der Waals surface area contributed by atoms with E-state index in [0.717, 1.165) is 35.7 Å². The first-order valence-electron chi connectivity index (χ1n) is 8.91. The van der Waals surface area contributed by atoms with Crippen molar-refractivity contribution in [2.75, 3.05) is 0 Å². The minimum atomic E-state index is -1.07. The lowest BCUT2D eigenvalue weighted by molar-refractivity contribution is -0.138. The van der Waals surface area contributed by atoms with E-state index in [-0.39, 0.29) is 5.56 Å². The van der Waals surface area contributed by atoms with Gasteiger partial charge in [-0.25, -0.2) is 4.98 Å². The maximum atomic E-state index is 12.7. The molecule has 1 aliphatic rings. The topological polar surface area (TPSA) is 83.0 Å². The number of aryl methyl sites for hydroxylation is 2. The average molecular weight is 401 g/mol. The van der Waals surface area contributed by atoms with Crippen molar-refractivity contribution in [3.63, 3.8) is 0 Å². The molecule has 0 fully saturated rings. The lowest BCUT2D eigenvalue weighted by atomic mass is 9.89. The number of benzene rings is 1. The number of carbonyl (C=O) groups is 1. The molecule has 2 aromatic heterocycles. The first-order valence-corrected chi connectivity index (χ1v) is 10.6. The zero-order valence-electron chi connectivity index (χ0n) is 15.2. The largest absolute Gasteiger partial charge is 0.480 e. The van der Waals surface area contributed by atoms with Crippen LogP contribution in [-0.2, 0) is 17.6 Å². The fraction of sp³-hybridized carbons (Fsp3) is 0.350. The molecule has 2 heterocycles. The third-order valence-electron chi connectivity index (χ3n) is 4.95. The summed E-state index contributed by atoms with van der Waals surface area (Å²) in [7, 11) is 0. The monoisotopic (exact) mass is 400 g/mol. The van der Waals surface area contributed by atoms with Crippen molar-refractivity contribution in [1.29, 1.82) is 0 Å². The Morgan fingerprint density at radius 3 is 2.74 bits per heavy atom. The third-order valence-corrected chi connectivity index (χ3v) is 6.89. The van der Waals surface area contributed by atoms with Crippen LogP contribution in [0.2, 0.25) is 0 Å². The SMILES string of the molecule is CC(C)(Sc1nc2scc(-c3ccc4c(c3)CCCC4)c2c(=O)[nH]1)C(=O)O. The van der Waals surface area contributed by atoms with Gasteiger partial charge in [0.1, 0.15) is 9.58 Å². The molecule has 4 rings (SSSR count). The molecule has 2 N–H and O–H groups in total. The zero-order valence-corrected chi connectivity index (χ0v) is 16.8. The molecule has 140 valence electrons. The fourth-order valence-corrected chi connectivity index (χ4v) is 5.23. The summed E-state index contributed by atoms with van der Waals surface area (Å²) in [6.45, 7) is 3.19. The van der Waals surface area contributed by atoms with E-state index in [4.69, 9.17) is 0 Å². The van der Waals surface area contributed by atoms with Gasteiger partial charge in [-0.05, 0) is 56.2 Å². The first kappa shape index (κ1) is 18.3. The Kier molecular flexibility index (Phi) is 4.60. The number of hydrogen-bond acceptors (Lipinski definition) is 5. The molecule has 0 atom stereocenters. The van der Waals surface area contributed by atoms with Gasteiger partial charge in [0, 0.05) is 10.9 Å². The maximum absolute atomic E-state index is 12.7. The van der Waals surface area contributed by atoms with Crippen LogP contribution in [0.15, 0.2) is 33.5 Å². The number of carboxylic acid groups (broad SMARTS) is 1. The Labute approximate surface area is 164 Å². The number of aliphatic carboxylic acids is 1. The minimum absolute atomic E-state index is 0.224. The summed E-state index contributed by atoms with van der Waals surface area (Å²) < 4.78 is -1.07. The van der Waals surface area contributed by atoms with Crippen LogP contribution in [0.3, 0.4) is 0 Å². The highest BCUT2D eigenvalue weighted by molar-refractivity contribution is 8.01. The van der Waals surface area contributed by atoms with E-state index < -0.39 is 10.7 Å². The number of aromatic nitrogens is 2. The van der Waals surface area contributed by atoms with Gasteiger partial charge in [-0.15, -0.1) is 11.3 Å². The number of thiophene rings is 1. The van der Waals surface area contributed by atoms with E-state index in [1.165, 1.54) is 35.3 Å². The van der Waals surface area contributed by atoms with Crippen molar-refractivity contribution in [2.24, 2.45) is 0 Å². The van der Waals surface area contributed by atoms with Crippen LogP contribution in [-0.4, -0.2) is 25.8 Å². The zero-order chi connectivity index (χ0) is 19.2. The number of H-pyrrole nitrogens is 1. The second kappa shape index (κ2) is 6.80. The number of hydrogen-bond donors (Lipinski definition) is 2. The van der Waals surface area contributed by atoms with Gasteiger partial charge in [-0.1, -0.05) is 30.0 Å². The second-order valence-corrected chi connectivity index (χ2v) is 9.78. The number of fused-ring (bicyclic) bond motifs is 2. The van der Waals surface area contributed by atoms with E-state index in [9.17, 15) is 14.7 Å². The predicted molar refractivity (Wildman–Crippen MR) is 110 cm³/mol. The number of thioether (sulfide) groups is 1. The molecule has 0 saturated heterocycles. The number of nitrogens with zero attached hydrogens (tertiary/aromatic N) is 1. The van der Waals surface area contributed by atoms with Gasteiger partial charge in [0.15, 0.2) is 5.16 Å². The van der Waals surface area contributed by atoms with Crippen molar-refractivity contribution in [2.45, 2.75) is 49.4 Å². The summed E-state index contributed by atoms with van der Waals surface area (Å²) in [6.07, 6.45) is 4.67. The molecular formula is C20H20N2O3S2. The molecular weight excluding hydrogens is 380 g/mol. The Morgan fingerprint density at radius 1 is 1.26 bits per heavy atom. The summed E-state index contributed by atoms with van der Waals surface area (Å²) in [6, 6.07) is 6.46. The van der Waals surface area contributed by atoms with Gasteiger partial charge in [-0.2, -0.15) is 0 Å². The molecule has 0 unspecified atom stereocenters. The molecule has 1 aliphatic carbocycles. The standard InChI is InChI=1S/C20H20N2O3S2/c1-20(2,18(24)25)27-19-21-16(23)15-14(10-26-17(15)22-19)13-8-7-11-5-3-4-6-12(11)9-13/h7-10H,3-6H2,1-2H3,(H,24,25)(H,21,22,23). The van der Waals surface area contributed by atoms with E-state index in [1.54, 1.807) is 13.8 Å². The van der Waals surface area contributed by atoms with Crippen molar-refractivity contribution in [3.05, 3.63) is 45.1 Å². The quantitative estimate of drug-likeness (QED) is 0.498. The van der Waals surface area contributed by atoms with Crippen LogP contribution in [0.1, 0.15) is 37.8 Å². The number of aromatic amines is 1. The van der Waals surface area contributed by atoms with Gasteiger partial charge in [0.25, 0.3) is 5.56 Å². The molecule has 27 heavy (non-hydrogen) atoms. The number of nitrogens with one attached hydrogen (secondary N) is 1. The van der Waals surface area contributed by atoms with Crippen LogP contribution in [0, 0.1) is 0 Å². The van der Waals surface area contributed by atoms with E-state index >= 15 is 0 Å². The molecule has 3 aromatic rings. The molecule has 0 amide bonds. The summed E-state index contributed by atoms with van der Waals surface area (Å²) in [5.74, 6) is -0.948. The van der Waals surface area contributed by atoms with Crippen molar-refractivity contribution >= 4 is 39.3 Å². The highest BCUT2D eigenvalue weighted by Crippen LogP contribution is 2.35. The van der Waals surface area contributed by atoms with Crippen molar-refractivity contribution in [1.82, 2.24) is 9.97 Å². The van der Waals surface area contributed by atoms with Crippen LogP contribution >= 0.6 is 23.1 Å². The average Bonchev–Trinajstić information content (AvgIpc) is 3.05. The van der Waals surface area contributed by atoms with Crippen molar-refractivity contribution in [3.8, 4) is 11.1 Å². The van der Waals surface area contributed by atoms with Gasteiger partial charge in [-0.3, -0.25) is 9.59 Å². The van der Waals surface area contributed by atoms with Gasteiger partial charge >= 0.3 is 5.97 Å². The second-order valence-electron chi connectivity index (χ2n) is 7.31. The summed E-state index contributed by atoms with van der Waals surface area (Å²) in [5, 5.41) is 12.2. The molecule has 0 saturated carbocycles. The number of rotatable bonds is 4. The van der Waals surface area contributed by atoms with Gasteiger partial charge in [0.2, 0.25) is 0 Å². The third kappa shape index (κ3) is 3.41. The Bertz CT molecular complexity index is 1100. The van der Waals surface area contributed by atoms with E-state index in [1.807, 2.05) is 5.38 Å². The predicted octanol–water partition coefficient (Wildman–Crippen LogP) is 4.49. The fourth-order valence-electron chi connectivity index (χ4n) is 3.38. The molecule has 0 radical (unpaired) electrons. The summed E-state index contributed by atoms with van der Waals surface area (Å²) in [5.41, 5.74) is 4.49. The lowest BCUT2D eigenvalue weighted by Crippen LogP contribution is -2.27. The van der Waals surface area contributed by atoms with Gasteiger partial charge < -0.3 is 10.1 Å². The highest BCUT2D eigenvalue weighted by Gasteiger charge is 2.30. The van der Waals surface area contributed by atoms with Crippen molar-refractivity contribution < 1.29 is 9.90 Å². The lowest BCUT2D eigenvalue weighted by Gasteiger charge is -2.17. The Morgan fingerprint density at radius 2 is 2.00 bits per heavy atom. The molecule has 0 aliphatic heterocycles. The summed E-state index contributed by atoms with van der Waals surface area (Å²) in [4.78, 5) is 32.0. The number of carboxylic acids is 1. The first-order chi connectivity index (χ1) is 12.8. The minimum Gasteiger partial charge on any atom is -0.480 e. The van der Waals surface area contributed by atoms with Crippen LogP contribution in [0.5, 0.6) is 0 Å². The molecule has 0 spiro atoms. The highest BCUT2D eigenvalue weighted by atomic mass is 32.2. The van der Waals surface area contributed by atoms with E-state index in [0.29, 0.717) is 15.4 Å². The summed E-state index contributed by atoms with van der Waals surface area (Å²) >= 11 is 2.46. The maximum Gasteiger partial charge on any atom is 0.319 e. The smallest absolute Gasteiger partial charge is 0.319 e. The van der Waals surface area contributed by atoms with Crippen LogP contribution in [0.25, 0.3) is 21.3 Å². The normalized spacial score (nSPS) is 14.3. The molecule has 5 nitrogen and oxygen atoms in total. The van der Waals surface area contributed by atoms with Crippen LogP contribution < -0.4 is 5.56 Å². The van der Waals surface area contributed by atoms with Gasteiger partial charge in [0.05, 0.1) is 5.39 Å². The Balaban J connectivity index is 1.76. The van der Waals surface area contributed by atoms with E-state index in [2.05, 4.69) is 28.2 Å². The Hall–Kier alpha value is -2.12. The molecule has 7 heteroatoms. The molecule has 0 bridgehead atoms. The van der Waals surface area contributed by atoms with Crippen LogP contribution in [0.4, 0.5) is 0 Å².